The van der Waals surface area contributed by atoms with Crippen molar-refractivity contribution in [3.05, 3.63) is 0 Å². The van der Waals surface area contributed by atoms with Crippen LogP contribution in [0.4, 0.5) is 0 Å². The lowest BCUT2D eigenvalue weighted by Gasteiger charge is -2.10. The first kappa shape index (κ1) is 6.72. The van der Waals surface area contributed by atoms with Crippen LogP contribution in [-0.2, 0) is 0 Å². The fraction of sp³-hybridized carbons (Fsp3) is 0.333. The third-order valence-corrected chi connectivity index (χ3v) is 2.24. The second-order valence-electron chi connectivity index (χ2n) is 2.06. The van der Waals surface area contributed by atoms with E-state index in [1.54, 1.807) is 11.8 Å². The van der Waals surface area contributed by atoms with Gasteiger partial charge in [-0.3, -0.25) is 4.99 Å². The molecule has 0 saturated heterocycles. The van der Waals surface area contributed by atoms with Crippen molar-refractivity contribution in [2.75, 3.05) is 6.26 Å². The number of hydrogen-bond acceptors (Lipinski definition) is 5. The van der Waals surface area contributed by atoms with Crippen molar-refractivity contribution in [2.45, 2.75) is 5.37 Å². The molecule has 0 aromatic heterocycles. The van der Waals surface area contributed by atoms with Crippen molar-refractivity contribution in [1.82, 2.24) is 0 Å². The first-order valence-electron chi connectivity index (χ1n) is 3.14. The van der Waals surface area contributed by atoms with Gasteiger partial charge in [0.25, 0.3) is 0 Å². The molecule has 0 aromatic carbocycles. The zero-order chi connectivity index (χ0) is 7.68. The Morgan fingerprint density at radius 2 is 2.27 bits per heavy atom. The SMILES string of the molecule is CSC1N=CN=C2N=CN=C21. The zero-order valence-corrected chi connectivity index (χ0v) is 6.75. The molecule has 1 unspecified atom stereocenters. The summed E-state index contributed by atoms with van der Waals surface area (Å²) in [6.45, 7) is 0. The Kier molecular flexibility index (Phi) is 1.58. The standard InChI is InChI=1S/C6H6N4S/c1-11-6-4-5(8-2-7-4)9-3-10-6/h2-3,6H,1H3. The van der Waals surface area contributed by atoms with Gasteiger partial charge in [0.2, 0.25) is 0 Å². The van der Waals surface area contributed by atoms with Gasteiger partial charge >= 0.3 is 0 Å². The van der Waals surface area contributed by atoms with E-state index in [0.717, 1.165) is 5.71 Å². The van der Waals surface area contributed by atoms with Crippen molar-refractivity contribution in [3.8, 4) is 0 Å². The van der Waals surface area contributed by atoms with Gasteiger partial charge in [0, 0.05) is 0 Å². The highest BCUT2D eigenvalue weighted by molar-refractivity contribution is 8.00. The molecule has 5 heteroatoms. The molecule has 56 valence electrons. The maximum absolute atomic E-state index is 4.13. The molecule has 0 aromatic rings. The minimum Gasteiger partial charge on any atom is -0.253 e. The average molecular weight is 166 g/mol. The van der Waals surface area contributed by atoms with Crippen molar-refractivity contribution < 1.29 is 0 Å². The molecule has 0 amide bonds. The Morgan fingerprint density at radius 1 is 1.36 bits per heavy atom. The summed E-state index contributed by atoms with van der Waals surface area (Å²) >= 11 is 1.63. The van der Waals surface area contributed by atoms with Crippen LogP contribution in [-0.4, -0.2) is 35.9 Å². The highest BCUT2D eigenvalue weighted by Crippen LogP contribution is 2.16. The Morgan fingerprint density at radius 3 is 3.09 bits per heavy atom. The van der Waals surface area contributed by atoms with E-state index in [4.69, 9.17) is 0 Å². The molecular formula is C6H6N4S. The van der Waals surface area contributed by atoms with Crippen LogP contribution in [0.3, 0.4) is 0 Å². The summed E-state index contributed by atoms with van der Waals surface area (Å²) in [5.41, 5.74) is 0.875. The predicted molar refractivity (Wildman–Crippen MR) is 49.2 cm³/mol. The highest BCUT2D eigenvalue weighted by Gasteiger charge is 2.23. The fourth-order valence-electron chi connectivity index (χ4n) is 0.935. The molecule has 0 fully saturated rings. The van der Waals surface area contributed by atoms with Gasteiger partial charge in [0.1, 0.15) is 23.8 Å². The third-order valence-electron chi connectivity index (χ3n) is 1.45. The predicted octanol–water partition coefficient (Wildman–Crippen LogP) is 0.599. The van der Waals surface area contributed by atoms with Gasteiger partial charge in [-0.05, 0) is 6.26 Å². The number of fused-ring (bicyclic) bond motifs is 1. The molecule has 0 aliphatic carbocycles. The average Bonchev–Trinajstić information content (AvgIpc) is 2.50. The number of rotatable bonds is 1. The molecule has 0 N–H and O–H groups in total. The van der Waals surface area contributed by atoms with Crippen LogP contribution in [0, 0.1) is 0 Å². The summed E-state index contributed by atoms with van der Waals surface area (Å²) < 4.78 is 0. The summed E-state index contributed by atoms with van der Waals surface area (Å²) in [5.74, 6) is 0.708. The molecule has 4 nitrogen and oxygen atoms in total. The topological polar surface area (TPSA) is 49.4 Å². The zero-order valence-electron chi connectivity index (χ0n) is 5.93. The smallest absolute Gasteiger partial charge is 0.180 e. The van der Waals surface area contributed by atoms with Gasteiger partial charge < -0.3 is 0 Å². The largest absolute Gasteiger partial charge is 0.253 e. The lowest BCUT2D eigenvalue weighted by atomic mass is 10.3. The van der Waals surface area contributed by atoms with E-state index in [0.29, 0.717) is 5.84 Å². The van der Waals surface area contributed by atoms with Gasteiger partial charge in [-0.1, -0.05) is 0 Å². The molecule has 2 aliphatic rings. The van der Waals surface area contributed by atoms with Crippen LogP contribution in [0.2, 0.25) is 0 Å². The van der Waals surface area contributed by atoms with Crippen LogP contribution in [0.5, 0.6) is 0 Å². The van der Waals surface area contributed by atoms with E-state index in [1.165, 1.54) is 12.7 Å². The second-order valence-corrected chi connectivity index (χ2v) is 2.98. The molecule has 2 heterocycles. The van der Waals surface area contributed by atoms with Crippen molar-refractivity contribution in [2.24, 2.45) is 20.0 Å². The summed E-state index contributed by atoms with van der Waals surface area (Å²) in [7, 11) is 0. The maximum atomic E-state index is 4.13. The number of thioether (sulfide) groups is 1. The van der Waals surface area contributed by atoms with Crippen LogP contribution in [0.15, 0.2) is 20.0 Å². The minimum atomic E-state index is 0.0880. The number of aliphatic imine (C=N–C) groups is 4. The minimum absolute atomic E-state index is 0.0880. The monoisotopic (exact) mass is 166 g/mol. The number of nitrogens with zero attached hydrogens (tertiary/aromatic N) is 4. The second kappa shape index (κ2) is 2.58. The first-order valence-corrected chi connectivity index (χ1v) is 4.43. The lowest BCUT2D eigenvalue weighted by molar-refractivity contribution is 1.22. The Bertz CT molecular complexity index is 289. The van der Waals surface area contributed by atoms with Crippen molar-refractivity contribution in [1.29, 1.82) is 0 Å². The Hall–Kier alpha value is -0.970. The molecule has 1 atom stereocenters. The molecule has 0 bridgehead atoms. The highest BCUT2D eigenvalue weighted by atomic mass is 32.2. The number of hydrogen-bond donors (Lipinski definition) is 0. The van der Waals surface area contributed by atoms with Gasteiger partial charge in [-0.25, -0.2) is 15.0 Å². The van der Waals surface area contributed by atoms with Crippen LogP contribution in [0.1, 0.15) is 0 Å². The van der Waals surface area contributed by atoms with E-state index in [9.17, 15) is 0 Å². The number of amidine groups is 1. The Balaban J connectivity index is 2.34. The molecular weight excluding hydrogens is 160 g/mol. The Labute approximate surface area is 68.3 Å². The van der Waals surface area contributed by atoms with Crippen molar-refractivity contribution in [3.63, 3.8) is 0 Å². The molecule has 2 rings (SSSR count). The maximum Gasteiger partial charge on any atom is 0.180 e. The van der Waals surface area contributed by atoms with Crippen molar-refractivity contribution >= 4 is 36.0 Å². The van der Waals surface area contributed by atoms with Gasteiger partial charge in [-0.15, -0.1) is 11.8 Å². The molecule has 0 radical (unpaired) electrons. The lowest BCUT2D eigenvalue weighted by Crippen LogP contribution is -2.24. The van der Waals surface area contributed by atoms with Gasteiger partial charge in [-0.2, -0.15) is 0 Å². The third kappa shape index (κ3) is 1.01. The van der Waals surface area contributed by atoms with Crippen LogP contribution in [0.25, 0.3) is 0 Å². The van der Waals surface area contributed by atoms with E-state index in [1.807, 2.05) is 6.26 Å². The van der Waals surface area contributed by atoms with Gasteiger partial charge in [0.05, 0.1) is 0 Å². The summed E-state index contributed by atoms with van der Waals surface area (Å²) in [6.07, 6.45) is 5.05. The van der Waals surface area contributed by atoms with E-state index < -0.39 is 0 Å². The normalized spacial score (nSPS) is 26.5. The van der Waals surface area contributed by atoms with Crippen LogP contribution >= 0.6 is 11.8 Å². The first-order chi connectivity index (χ1) is 5.42. The van der Waals surface area contributed by atoms with E-state index in [-0.39, 0.29) is 5.37 Å². The molecule has 2 aliphatic heterocycles. The van der Waals surface area contributed by atoms with Crippen LogP contribution < -0.4 is 0 Å². The fourth-order valence-corrected chi connectivity index (χ4v) is 1.50. The molecule has 11 heavy (non-hydrogen) atoms. The van der Waals surface area contributed by atoms with Gasteiger partial charge in [0.15, 0.2) is 5.84 Å². The summed E-state index contributed by atoms with van der Waals surface area (Å²) in [6, 6.07) is 0. The summed E-state index contributed by atoms with van der Waals surface area (Å²) in [5, 5.41) is 0.0880. The van der Waals surface area contributed by atoms with E-state index in [2.05, 4.69) is 20.0 Å². The molecule has 0 saturated carbocycles. The summed E-state index contributed by atoms with van der Waals surface area (Å²) in [4.78, 5) is 16.1. The molecule has 0 spiro atoms. The quantitative estimate of drug-likeness (QED) is 0.562. The van der Waals surface area contributed by atoms with E-state index >= 15 is 0 Å².